The predicted molar refractivity (Wildman–Crippen MR) is 68.3 cm³/mol. The number of rotatable bonds is 2. The van der Waals surface area contributed by atoms with Crippen molar-refractivity contribution in [2.75, 3.05) is 13.6 Å². The van der Waals surface area contributed by atoms with Gasteiger partial charge in [0.1, 0.15) is 17.9 Å². The molecular weight excluding hydrogens is 228 g/mol. The Balaban J connectivity index is 2.56. The van der Waals surface area contributed by atoms with Crippen molar-refractivity contribution in [3.8, 4) is 6.07 Å². The van der Waals surface area contributed by atoms with Crippen LogP contribution in [0.1, 0.15) is 21.7 Å². The molecule has 0 radical (unpaired) electrons. The lowest BCUT2D eigenvalue weighted by Crippen LogP contribution is -2.27. The summed E-state index contributed by atoms with van der Waals surface area (Å²) in [4.78, 5) is 13.6. The first-order valence-corrected chi connectivity index (χ1v) is 5.66. The second-order valence-corrected chi connectivity index (χ2v) is 4.35. The van der Waals surface area contributed by atoms with E-state index < -0.39 is 0 Å². The first kappa shape index (κ1) is 12.2. The number of carbonyl (C=O) groups excluding carboxylic acids is 1. The highest BCUT2D eigenvalue weighted by Crippen LogP contribution is 2.27. The van der Waals surface area contributed by atoms with Crippen LogP contribution in [0.2, 0.25) is 0 Å². The van der Waals surface area contributed by atoms with E-state index in [4.69, 9.17) is 9.68 Å². The molecule has 4 heteroatoms. The molecule has 0 fully saturated rings. The van der Waals surface area contributed by atoms with E-state index in [1.807, 2.05) is 31.2 Å². The Kier molecular flexibility index (Phi) is 3.07. The van der Waals surface area contributed by atoms with Crippen LogP contribution in [0.3, 0.4) is 0 Å². The van der Waals surface area contributed by atoms with Crippen molar-refractivity contribution in [3.05, 3.63) is 35.1 Å². The van der Waals surface area contributed by atoms with Crippen LogP contribution in [0.15, 0.2) is 22.6 Å². The fourth-order valence-corrected chi connectivity index (χ4v) is 1.97. The summed E-state index contributed by atoms with van der Waals surface area (Å²) >= 11 is 0. The summed E-state index contributed by atoms with van der Waals surface area (Å²) in [6.07, 6.45) is 0. The molecule has 1 aromatic carbocycles. The van der Waals surface area contributed by atoms with Gasteiger partial charge in [0.25, 0.3) is 5.91 Å². The zero-order chi connectivity index (χ0) is 13.3. The molecule has 2 rings (SSSR count). The molecule has 1 aromatic heterocycles. The van der Waals surface area contributed by atoms with E-state index >= 15 is 0 Å². The molecule has 0 unspecified atom stereocenters. The fraction of sp³-hybridized carbons (Fsp3) is 0.286. The van der Waals surface area contributed by atoms with E-state index in [9.17, 15) is 4.79 Å². The van der Waals surface area contributed by atoms with E-state index in [1.54, 1.807) is 14.0 Å². The normalized spacial score (nSPS) is 10.3. The lowest BCUT2D eigenvalue weighted by molar-refractivity contribution is 0.0812. The van der Waals surface area contributed by atoms with Crippen molar-refractivity contribution in [2.24, 2.45) is 0 Å². The molecule has 92 valence electrons. The van der Waals surface area contributed by atoms with E-state index in [1.165, 1.54) is 4.90 Å². The van der Waals surface area contributed by atoms with Gasteiger partial charge in [0.05, 0.1) is 11.6 Å². The van der Waals surface area contributed by atoms with Crippen LogP contribution in [-0.2, 0) is 0 Å². The van der Waals surface area contributed by atoms with Crippen molar-refractivity contribution < 1.29 is 9.21 Å². The van der Waals surface area contributed by atoms with Gasteiger partial charge in [0.15, 0.2) is 0 Å². The SMILES string of the molecule is Cc1ccc2oc(C)c(C(=O)N(C)CC#N)c2c1. The van der Waals surface area contributed by atoms with Gasteiger partial charge in [-0.25, -0.2) is 0 Å². The maximum Gasteiger partial charge on any atom is 0.258 e. The highest BCUT2D eigenvalue weighted by molar-refractivity contribution is 6.07. The Bertz CT molecular complexity index is 650. The van der Waals surface area contributed by atoms with Gasteiger partial charge in [-0.2, -0.15) is 5.26 Å². The minimum atomic E-state index is -0.182. The van der Waals surface area contributed by atoms with Crippen molar-refractivity contribution >= 4 is 16.9 Å². The highest BCUT2D eigenvalue weighted by Gasteiger charge is 2.21. The Morgan fingerprint density at radius 2 is 2.17 bits per heavy atom. The summed E-state index contributed by atoms with van der Waals surface area (Å²) < 4.78 is 5.57. The topological polar surface area (TPSA) is 57.2 Å². The number of nitriles is 1. The molecule has 0 atom stereocenters. The summed E-state index contributed by atoms with van der Waals surface area (Å²) in [5.41, 5.74) is 2.32. The third-order valence-electron chi connectivity index (χ3n) is 2.89. The number of carbonyl (C=O) groups is 1. The van der Waals surface area contributed by atoms with Gasteiger partial charge in [0, 0.05) is 12.4 Å². The molecule has 0 saturated heterocycles. The minimum absolute atomic E-state index is 0.0662. The first-order valence-electron chi connectivity index (χ1n) is 5.66. The number of furan rings is 1. The monoisotopic (exact) mass is 242 g/mol. The van der Waals surface area contributed by atoms with E-state index in [2.05, 4.69) is 0 Å². The second-order valence-electron chi connectivity index (χ2n) is 4.35. The lowest BCUT2D eigenvalue weighted by Gasteiger charge is -2.12. The summed E-state index contributed by atoms with van der Waals surface area (Å²) in [6, 6.07) is 7.70. The Morgan fingerprint density at radius 1 is 1.44 bits per heavy atom. The molecule has 1 heterocycles. The largest absolute Gasteiger partial charge is 0.461 e. The first-order chi connectivity index (χ1) is 8.54. The fourth-order valence-electron chi connectivity index (χ4n) is 1.97. The molecule has 0 aliphatic carbocycles. The third kappa shape index (κ3) is 1.95. The van der Waals surface area contributed by atoms with Gasteiger partial charge in [0.2, 0.25) is 0 Å². The maximum absolute atomic E-state index is 12.3. The van der Waals surface area contributed by atoms with Gasteiger partial charge in [-0.05, 0) is 26.0 Å². The van der Waals surface area contributed by atoms with E-state index in [-0.39, 0.29) is 12.5 Å². The summed E-state index contributed by atoms with van der Waals surface area (Å²) in [6.45, 7) is 3.80. The molecule has 2 aromatic rings. The summed E-state index contributed by atoms with van der Waals surface area (Å²) in [7, 11) is 1.61. The van der Waals surface area contributed by atoms with Crippen LogP contribution in [-0.4, -0.2) is 24.4 Å². The van der Waals surface area contributed by atoms with Crippen molar-refractivity contribution in [1.29, 1.82) is 5.26 Å². The standard InChI is InChI=1S/C14H14N2O2/c1-9-4-5-12-11(8-9)13(10(2)18-12)14(17)16(3)7-6-15/h4-5,8H,7H2,1-3H3. The van der Waals surface area contributed by atoms with Crippen LogP contribution >= 0.6 is 0 Å². The van der Waals surface area contributed by atoms with Gasteiger partial charge in [-0.3, -0.25) is 4.79 Å². The average Bonchev–Trinajstić information content (AvgIpc) is 2.64. The highest BCUT2D eigenvalue weighted by atomic mass is 16.3. The van der Waals surface area contributed by atoms with Gasteiger partial charge < -0.3 is 9.32 Å². The zero-order valence-corrected chi connectivity index (χ0v) is 10.7. The zero-order valence-electron chi connectivity index (χ0n) is 10.7. The Morgan fingerprint density at radius 3 is 2.83 bits per heavy atom. The summed E-state index contributed by atoms with van der Waals surface area (Å²) in [5.74, 6) is 0.406. The molecular formula is C14H14N2O2. The molecule has 18 heavy (non-hydrogen) atoms. The number of hydrogen-bond donors (Lipinski definition) is 0. The van der Waals surface area contributed by atoms with Crippen LogP contribution in [0.25, 0.3) is 11.0 Å². The average molecular weight is 242 g/mol. The molecule has 0 bridgehead atoms. The van der Waals surface area contributed by atoms with Crippen LogP contribution in [0.5, 0.6) is 0 Å². The number of fused-ring (bicyclic) bond motifs is 1. The van der Waals surface area contributed by atoms with Gasteiger partial charge in [-0.1, -0.05) is 11.6 Å². The third-order valence-corrected chi connectivity index (χ3v) is 2.89. The smallest absolute Gasteiger partial charge is 0.258 e. The number of benzene rings is 1. The van der Waals surface area contributed by atoms with Crippen molar-refractivity contribution in [1.82, 2.24) is 4.90 Å². The van der Waals surface area contributed by atoms with E-state index in [0.29, 0.717) is 16.9 Å². The number of aryl methyl sites for hydroxylation is 2. The second kappa shape index (κ2) is 4.53. The van der Waals surface area contributed by atoms with Crippen LogP contribution < -0.4 is 0 Å². The number of hydrogen-bond acceptors (Lipinski definition) is 3. The molecule has 4 nitrogen and oxygen atoms in total. The van der Waals surface area contributed by atoms with Crippen LogP contribution in [0, 0.1) is 25.2 Å². The quantitative estimate of drug-likeness (QED) is 0.761. The summed E-state index contributed by atoms with van der Waals surface area (Å²) in [5, 5.41) is 9.45. The number of amides is 1. The van der Waals surface area contributed by atoms with Crippen molar-refractivity contribution in [3.63, 3.8) is 0 Å². The molecule has 0 N–H and O–H groups in total. The number of nitrogens with zero attached hydrogens (tertiary/aromatic N) is 2. The Hall–Kier alpha value is -2.28. The van der Waals surface area contributed by atoms with Gasteiger partial charge in [-0.15, -0.1) is 0 Å². The maximum atomic E-state index is 12.3. The minimum Gasteiger partial charge on any atom is -0.461 e. The molecule has 0 aliphatic rings. The van der Waals surface area contributed by atoms with Crippen LogP contribution in [0.4, 0.5) is 0 Å². The Labute approximate surface area is 105 Å². The predicted octanol–water partition coefficient (Wildman–Crippen LogP) is 2.65. The molecule has 0 spiro atoms. The van der Waals surface area contributed by atoms with Gasteiger partial charge >= 0.3 is 0 Å². The van der Waals surface area contributed by atoms with E-state index in [0.717, 1.165) is 10.9 Å². The van der Waals surface area contributed by atoms with Crippen molar-refractivity contribution in [2.45, 2.75) is 13.8 Å². The molecule has 0 aliphatic heterocycles. The molecule has 1 amide bonds. The molecule has 0 saturated carbocycles. The lowest BCUT2D eigenvalue weighted by atomic mass is 10.1.